The summed E-state index contributed by atoms with van der Waals surface area (Å²) in [6.07, 6.45) is 6.28. The van der Waals surface area contributed by atoms with Gasteiger partial charge >= 0.3 is 6.09 Å². The number of hydrogen-bond acceptors (Lipinski definition) is 5. The van der Waals surface area contributed by atoms with E-state index in [1.54, 1.807) is 37.4 Å². The van der Waals surface area contributed by atoms with Crippen molar-refractivity contribution in [2.75, 3.05) is 18.6 Å². The maximum Gasteiger partial charge on any atom is 0.408 e. The molecule has 1 aromatic carbocycles. The number of benzene rings is 1. The quantitative estimate of drug-likeness (QED) is 0.269. The molecule has 8 heteroatoms. The van der Waals surface area contributed by atoms with Gasteiger partial charge in [0.1, 0.15) is 17.7 Å². The molecule has 0 spiro atoms. The molecule has 3 unspecified atom stereocenters. The SMILES string of the molecule is CCCCCN(C(=O)C(CCSC)NC(=O)OC(C)(C)C)C(C(=O)NC(C)CCC)c1ccccc1C. The molecule has 1 aromatic rings. The Morgan fingerprint density at radius 1 is 1.03 bits per heavy atom. The van der Waals surface area contributed by atoms with Gasteiger partial charge in [0.05, 0.1) is 0 Å². The van der Waals surface area contributed by atoms with E-state index in [0.29, 0.717) is 18.7 Å². The summed E-state index contributed by atoms with van der Waals surface area (Å²) < 4.78 is 5.46. The molecule has 0 bridgehead atoms. The molecule has 0 aromatic heterocycles. The zero-order chi connectivity index (χ0) is 28.0. The summed E-state index contributed by atoms with van der Waals surface area (Å²) in [4.78, 5) is 42.3. The molecular formula is C29H49N3O4S. The van der Waals surface area contributed by atoms with Crippen LogP contribution in [0.25, 0.3) is 0 Å². The van der Waals surface area contributed by atoms with Gasteiger partial charge in [-0.15, -0.1) is 0 Å². The number of alkyl carbamates (subject to hydrolysis) is 1. The van der Waals surface area contributed by atoms with E-state index in [9.17, 15) is 14.4 Å². The van der Waals surface area contributed by atoms with Crippen LogP contribution in [-0.4, -0.2) is 59.0 Å². The van der Waals surface area contributed by atoms with E-state index < -0.39 is 23.8 Å². The number of ether oxygens (including phenoxy) is 1. The van der Waals surface area contributed by atoms with Crippen LogP contribution in [-0.2, 0) is 14.3 Å². The molecule has 2 N–H and O–H groups in total. The zero-order valence-corrected chi connectivity index (χ0v) is 25.0. The standard InChI is InChI=1S/C29H49N3O4S/c1-9-11-14-19-32(27(34)24(18-20-37-8)31-28(35)36-29(5,6)7)25(23-17-13-12-16-21(23)3)26(33)30-22(4)15-10-2/h12-13,16-17,22,24-25H,9-11,14-15,18-20H2,1-8H3,(H,30,33)(H,31,35). The van der Waals surface area contributed by atoms with Crippen LogP contribution in [0, 0.1) is 6.92 Å². The van der Waals surface area contributed by atoms with E-state index in [4.69, 9.17) is 4.74 Å². The Morgan fingerprint density at radius 3 is 2.27 bits per heavy atom. The summed E-state index contributed by atoms with van der Waals surface area (Å²) in [5.41, 5.74) is 1.06. The lowest BCUT2D eigenvalue weighted by Crippen LogP contribution is -2.54. The smallest absolute Gasteiger partial charge is 0.408 e. The average molecular weight is 536 g/mol. The molecule has 0 saturated heterocycles. The lowest BCUT2D eigenvalue weighted by molar-refractivity contribution is -0.143. The zero-order valence-electron chi connectivity index (χ0n) is 24.2. The van der Waals surface area contributed by atoms with Gasteiger partial charge in [-0.2, -0.15) is 11.8 Å². The van der Waals surface area contributed by atoms with Crippen LogP contribution in [0.2, 0.25) is 0 Å². The van der Waals surface area contributed by atoms with Gasteiger partial charge < -0.3 is 20.3 Å². The molecule has 0 aliphatic carbocycles. The van der Waals surface area contributed by atoms with E-state index in [1.807, 2.05) is 44.4 Å². The first-order valence-corrected chi connectivity index (χ1v) is 15.0. The minimum Gasteiger partial charge on any atom is -0.444 e. The Bertz CT molecular complexity index is 856. The Kier molecular flexibility index (Phi) is 14.7. The highest BCUT2D eigenvalue weighted by atomic mass is 32.2. The van der Waals surface area contributed by atoms with Crippen molar-refractivity contribution < 1.29 is 19.1 Å². The maximum atomic E-state index is 14.2. The van der Waals surface area contributed by atoms with E-state index in [0.717, 1.165) is 43.2 Å². The van der Waals surface area contributed by atoms with Gasteiger partial charge in [-0.05, 0) is 77.0 Å². The van der Waals surface area contributed by atoms with E-state index in [2.05, 4.69) is 24.5 Å². The third-order valence-corrected chi connectivity index (χ3v) is 6.68. The van der Waals surface area contributed by atoms with Crippen LogP contribution in [0.3, 0.4) is 0 Å². The topological polar surface area (TPSA) is 87.7 Å². The fraction of sp³-hybridized carbons (Fsp3) is 0.690. The van der Waals surface area contributed by atoms with Gasteiger partial charge in [-0.1, -0.05) is 57.4 Å². The van der Waals surface area contributed by atoms with Crippen LogP contribution in [0.1, 0.15) is 97.2 Å². The lowest BCUT2D eigenvalue weighted by Gasteiger charge is -2.35. The van der Waals surface area contributed by atoms with Crippen molar-refractivity contribution in [3.63, 3.8) is 0 Å². The summed E-state index contributed by atoms with van der Waals surface area (Å²) in [6, 6.07) is 6.12. The predicted molar refractivity (Wildman–Crippen MR) is 154 cm³/mol. The van der Waals surface area contributed by atoms with E-state index in [-0.39, 0.29) is 17.9 Å². The number of unbranched alkanes of at least 4 members (excludes halogenated alkanes) is 2. The number of rotatable bonds is 15. The van der Waals surface area contributed by atoms with Gasteiger partial charge in [0.25, 0.3) is 0 Å². The lowest BCUT2D eigenvalue weighted by atomic mass is 9.97. The molecule has 0 aliphatic rings. The van der Waals surface area contributed by atoms with Crippen LogP contribution >= 0.6 is 11.8 Å². The molecule has 3 amide bonds. The van der Waals surface area contributed by atoms with Gasteiger partial charge in [0, 0.05) is 12.6 Å². The van der Waals surface area contributed by atoms with Gasteiger partial charge in [0.15, 0.2) is 0 Å². The number of carbonyl (C=O) groups is 3. The average Bonchev–Trinajstić information content (AvgIpc) is 2.80. The second-order valence-corrected chi connectivity index (χ2v) is 11.7. The summed E-state index contributed by atoms with van der Waals surface area (Å²) in [5.74, 6) is 0.229. The summed E-state index contributed by atoms with van der Waals surface area (Å²) >= 11 is 1.61. The van der Waals surface area contributed by atoms with Gasteiger partial charge in [0.2, 0.25) is 11.8 Å². The second-order valence-electron chi connectivity index (χ2n) is 10.7. The Morgan fingerprint density at radius 2 is 1.70 bits per heavy atom. The van der Waals surface area contributed by atoms with Gasteiger partial charge in [-0.25, -0.2) is 4.79 Å². The fourth-order valence-corrected chi connectivity index (χ4v) is 4.68. The number of aryl methyl sites for hydroxylation is 1. The number of thioether (sulfide) groups is 1. The summed E-state index contributed by atoms with van der Waals surface area (Å²) in [5, 5.41) is 5.94. The molecular weight excluding hydrogens is 486 g/mol. The number of hydrogen-bond donors (Lipinski definition) is 2. The Labute approximate surface area is 228 Å². The number of amides is 3. The largest absolute Gasteiger partial charge is 0.444 e. The molecule has 0 radical (unpaired) electrons. The van der Waals surface area contributed by atoms with Gasteiger partial charge in [-0.3, -0.25) is 9.59 Å². The maximum absolute atomic E-state index is 14.2. The predicted octanol–water partition coefficient (Wildman–Crippen LogP) is 6.01. The first-order chi connectivity index (χ1) is 17.4. The van der Waals surface area contributed by atoms with Crippen molar-refractivity contribution in [2.45, 2.75) is 111 Å². The number of nitrogens with zero attached hydrogens (tertiary/aromatic N) is 1. The monoisotopic (exact) mass is 535 g/mol. The van der Waals surface area contributed by atoms with Crippen molar-refractivity contribution in [1.29, 1.82) is 0 Å². The third kappa shape index (κ3) is 11.8. The minimum atomic E-state index is -0.795. The van der Waals surface area contributed by atoms with E-state index >= 15 is 0 Å². The van der Waals surface area contributed by atoms with Crippen LogP contribution in [0.4, 0.5) is 4.79 Å². The molecule has 0 aliphatic heterocycles. The Hall–Kier alpha value is -2.22. The van der Waals surface area contributed by atoms with Crippen molar-refractivity contribution >= 4 is 29.7 Å². The first kappa shape index (κ1) is 32.8. The molecule has 37 heavy (non-hydrogen) atoms. The summed E-state index contributed by atoms with van der Waals surface area (Å²) in [7, 11) is 0. The first-order valence-electron chi connectivity index (χ1n) is 13.6. The molecule has 210 valence electrons. The van der Waals surface area contributed by atoms with Crippen LogP contribution < -0.4 is 10.6 Å². The Balaban J connectivity index is 3.48. The molecule has 3 atom stereocenters. The third-order valence-electron chi connectivity index (χ3n) is 6.04. The highest BCUT2D eigenvalue weighted by Gasteiger charge is 2.36. The van der Waals surface area contributed by atoms with Crippen LogP contribution in [0.15, 0.2) is 24.3 Å². The van der Waals surface area contributed by atoms with Crippen molar-refractivity contribution in [1.82, 2.24) is 15.5 Å². The number of nitrogens with one attached hydrogen (secondary N) is 2. The molecule has 0 fully saturated rings. The summed E-state index contributed by atoms with van der Waals surface area (Å²) in [6.45, 7) is 13.9. The van der Waals surface area contributed by atoms with Crippen molar-refractivity contribution in [3.8, 4) is 0 Å². The second kappa shape index (κ2) is 16.6. The molecule has 0 heterocycles. The highest BCUT2D eigenvalue weighted by molar-refractivity contribution is 7.98. The van der Waals surface area contributed by atoms with E-state index in [1.165, 1.54) is 0 Å². The van der Waals surface area contributed by atoms with Crippen molar-refractivity contribution in [2.24, 2.45) is 0 Å². The normalized spacial score (nSPS) is 13.8. The molecule has 1 rings (SSSR count). The highest BCUT2D eigenvalue weighted by Crippen LogP contribution is 2.27. The molecule has 7 nitrogen and oxygen atoms in total. The fourth-order valence-electron chi connectivity index (χ4n) is 4.21. The molecule has 0 saturated carbocycles. The van der Waals surface area contributed by atoms with Crippen molar-refractivity contribution in [3.05, 3.63) is 35.4 Å². The minimum absolute atomic E-state index is 0.0104. The number of carbonyl (C=O) groups excluding carboxylic acids is 3. The van der Waals surface area contributed by atoms with Crippen LogP contribution in [0.5, 0.6) is 0 Å².